The van der Waals surface area contributed by atoms with Crippen LogP contribution in [0, 0.1) is 3.57 Å². The summed E-state index contributed by atoms with van der Waals surface area (Å²) in [5, 5.41) is 13.1. The highest BCUT2D eigenvalue weighted by Crippen LogP contribution is 2.12. The lowest BCUT2D eigenvalue weighted by Gasteiger charge is -1.93. The Labute approximate surface area is 92.1 Å². The fraction of sp³-hybridized carbons (Fsp3) is 0.167. The molecule has 0 aliphatic carbocycles. The van der Waals surface area contributed by atoms with Crippen LogP contribution >= 0.6 is 33.9 Å². The smallest absolute Gasteiger partial charge is 0.203 e. The molecule has 0 aliphatic rings. The van der Waals surface area contributed by atoms with E-state index in [2.05, 4.69) is 37.9 Å². The first-order chi connectivity index (χ1) is 6.24. The molecule has 13 heavy (non-hydrogen) atoms. The van der Waals surface area contributed by atoms with Gasteiger partial charge < -0.3 is 5.73 Å². The molecule has 0 atom stereocenters. The molecule has 2 aromatic rings. The van der Waals surface area contributed by atoms with Gasteiger partial charge in [0.15, 0.2) is 0 Å². The number of hydrogen-bond acceptors (Lipinski definition) is 5. The van der Waals surface area contributed by atoms with E-state index in [-0.39, 0.29) is 0 Å². The lowest BCUT2D eigenvalue weighted by atomic mass is 10.7. The summed E-state index contributed by atoms with van der Waals surface area (Å²) in [6.45, 7) is 0.637. The Morgan fingerprint density at radius 1 is 1.54 bits per heavy atom. The Hall–Kier alpha value is -0.700. The molecule has 0 bridgehead atoms. The number of nitrogens with two attached hydrogens (primary N) is 1. The number of hydrogen-bond donors (Lipinski definition) is 1. The zero-order valence-electron chi connectivity index (χ0n) is 6.51. The van der Waals surface area contributed by atoms with Gasteiger partial charge >= 0.3 is 0 Å². The third-order valence-electron chi connectivity index (χ3n) is 1.38. The molecule has 0 aromatic carbocycles. The molecule has 0 fully saturated rings. The van der Waals surface area contributed by atoms with Gasteiger partial charge in [-0.15, -0.1) is 10.2 Å². The van der Waals surface area contributed by atoms with Gasteiger partial charge in [-0.05, 0) is 22.6 Å². The largest absolute Gasteiger partial charge is 0.374 e. The van der Waals surface area contributed by atoms with Crippen molar-refractivity contribution in [3.05, 3.63) is 21.0 Å². The van der Waals surface area contributed by atoms with Gasteiger partial charge in [0, 0.05) is 6.20 Å². The molecule has 0 radical (unpaired) electrons. The van der Waals surface area contributed by atoms with E-state index < -0.39 is 0 Å². The molecule has 2 heterocycles. The molecule has 0 saturated heterocycles. The van der Waals surface area contributed by atoms with Crippen molar-refractivity contribution in [2.45, 2.75) is 6.54 Å². The van der Waals surface area contributed by atoms with Gasteiger partial charge in [-0.25, -0.2) is 0 Å². The van der Waals surface area contributed by atoms with Crippen molar-refractivity contribution < 1.29 is 0 Å². The second-order valence-corrected chi connectivity index (χ2v) is 4.73. The van der Waals surface area contributed by atoms with Gasteiger partial charge in [0.2, 0.25) is 5.13 Å². The van der Waals surface area contributed by atoms with Crippen molar-refractivity contribution in [2.75, 3.05) is 5.73 Å². The molecule has 2 aromatic heterocycles. The average Bonchev–Trinajstić information content (AvgIpc) is 2.62. The van der Waals surface area contributed by atoms with Crippen molar-refractivity contribution in [3.8, 4) is 0 Å². The van der Waals surface area contributed by atoms with Gasteiger partial charge in [0.25, 0.3) is 0 Å². The summed E-state index contributed by atoms with van der Waals surface area (Å²) < 4.78 is 2.91. The number of rotatable bonds is 2. The summed E-state index contributed by atoms with van der Waals surface area (Å²) in [5.74, 6) is 0. The third kappa shape index (κ3) is 2.15. The van der Waals surface area contributed by atoms with E-state index in [1.54, 1.807) is 6.20 Å². The van der Waals surface area contributed by atoms with E-state index in [0.717, 1.165) is 8.58 Å². The van der Waals surface area contributed by atoms with Crippen LogP contribution in [0.1, 0.15) is 5.01 Å². The standard InChI is InChI=1S/C6H6IN5S/c7-4-1-9-12(2-4)3-5-10-11-6(8)13-5/h1-2H,3H2,(H2,8,11). The highest BCUT2D eigenvalue weighted by atomic mass is 127. The number of nitrogen functional groups attached to an aromatic ring is 1. The Morgan fingerprint density at radius 2 is 2.38 bits per heavy atom. The van der Waals surface area contributed by atoms with Crippen molar-refractivity contribution in [3.63, 3.8) is 0 Å². The molecule has 0 saturated carbocycles. The van der Waals surface area contributed by atoms with Crippen molar-refractivity contribution in [1.29, 1.82) is 0 Å². The molecule has 5 nitrogen and oxygen atoms in total. The van der Waals surface area contributed by atoms with E-state index >= 15 is 0 Å². The number of anilines is 1. The van der Waals surface area contributed by atoms with Crippen LogP contribution in [-0.2, 0) is 6.54 Å². The minimum absolute atomic E-state index is 0.497. The molecule has 2 rings (SSSR count). The van der Waals surface area contributed by atoms with E-state index in [9.17, 15) is 0 Å². The van der Waals surface area contributed by atoms with Gasteiger partial charge in [-0.3, -0.25) is 4.68 Å². The summed E-state index contributed by atoms with van der Waals surface area (Å²) in [5.41, 5.74) is 5.45. The molecule has 0 amide bonds. The molecule has 0 unspecified atom stereocenters. The van der Waals surface area contributed by atoms with Crippen LogP contribution in [-0.4, -0.2) is 20.0 Å². The zero-order chi connectivity index (χ0) is 9.26. The van der Waals surface area contributed by atoms with Crippen LogP contribution in [0.2, 0.25) is 0 Å². The minimum Gasteiger partial charge on any atom is -0.374 e. The van der Waals surface area contributed by atoms with Crippen LogP contribution in [0.4, 0.5) is 5.13 Å². The summed E-state index contributed by atoms with van der Waals surface area (Å²) in [6, 6.07) is 0. The second-order valence-electron chi connectivity index (χ2n) is 2.39. The first kappa shape index (κ1) is 8.88. The third-order valence-corrected chi connectivity index (χ3v) is 2.68. The average molecular weight is 307 g/mol. The molecule has 0 spiro atoms. The zero-order valence-corrected chi connectivity index (χ0v) is 9.49. The summed E-state index contributed by atoms with van der Waals surface area (Å²) in [4.78, 5) is 0. The predicted octanol–water partition coefficient (Wildman–Crippen LogP) is 0.970. The van der Waals surface area contributed by atoms with Crippen molar-refractivity contribution in [2.24, 2.45) is 0 Å². The topological polar surface area (TPSA) is 69.6 Å². The normalized spacial score (nSPS) is 10.5. The van der Waals surface area contributed by atoms with Crippen molar-refractivity contribution >= 4 is 39.1 Å². The molecule has 68 valence electrons. The van der Waals surface area contributed by atoms with E-state index in [0.29, 0.717) is 11.7 Å². The van der Waals surface area contributed by atoms with Gasteiger partial charge in [0.1, 0.15) is 5.01 Å². The SMILES string of the molecule is Nc1nnc(Cn2cc(I)cn2)s1. The minimum atomic E-state index is 0.497. The van der Waals surface area contributed by atoms with Gasteiger partial charge in [-0.2, -0.15) is 5.10 Å². The maximum atomic E-state index is 5.45. The predicted molar refractivity (Wildman–Crippen MR) is 58.4 cm³/mol. The Balaban J connectivity index is 2.14. The maximum Gasteiger partial charge on any atom is 0.203 e. The van der Waals surface area contributed by atoms with Gasteiger partial charge in [-0.1, -0.05) is 11.3 Å². The number of aromatic nitrogens is 4. The Bertz CT molecular complexity index is 370. The Morgan fingerprint density at radius 3 is 2.92 bits per heavy atom. The highest BCUT2D eigenvalue weighted by molar-refractivity contribution is 14.1. The molecular weight excluding hydrogens is 301 g/mol. The van der Waals surface area contributed by atoms with Crippen LogP contribution in [0.25, 0.3) is 0 Å². The number of nitrogens with zero attached hydrogens (tertiary/aromatic N) is 4. The molecular formula is C6H6IN5S. The van der Waals surface area contributed by atoms with E-state index in [4.69, 9.17) is 5.73 Å². The quantitative estimate of drug-likeness (QED) is 0.839. The van der Waals surface area contributed by atoms with Crippen LogP contribution in [0.15, 0.2) is 12.4 Å². The first-order valence-corrected chi connectivity index (χ1v) is 5.39. The molecule has 0 aliphatic heterocycles. The van der Waals surface area contributed by atoms with Gasteiger partial charge in [0.05, 0.1) is 16.3 Å². The summed E-state index contributed by atoms with van der Waals surface area (Å²) in [7, 11) is 0. The first-order valence-electron chi connectivity index (χ1n) is 3.50. The van der Waals surface area contributed by atoms with Crippen molar-refractivity contribution in [1.82, 2.24) is 20.0 Å². The molecule has 2 N–H and O–H groups in total. The Kier molecular flexibility index (Phi) is 2.44. The highest BCUT2D eigenvalue weighted by Gasteiger charge is 2.02. The lowest BCUT2D eigenvalue weighted by molar-refractivity contribution is 0.677. The maximum absolute atomic E-state index is 5.45. The van der Waals surface area contributed by atoms with E-state index in [1.165, 1.54) is 11.3 Å². The lowest BCUT2D eigenvalue weighted by Crippen LogP contribution is -1.99. The number of halogens is 1. The van der Waals surface area contributed by atoms with Crippen LogP contribution < -0.4 is 5.73 Å². The van der Waals surface area contributed by atoms with E-state index in [1.807, 2.05) is 10.9 Å². The van der Waals surface area contributed by atoms with Crippen LogP contribution in [0.5, 0.6) is 0 Å². The van der Waals surface area contributed by atoms with Crippen LogP contribution in [0.3, 0.4) is 0 Å². The monoisotopic (exact) mass is 307 g/mol. The summed E-state index contributed by atoms with van der Waals surface area (Å²) >= 11 is 3.59. The summed E-state index contributed by atoms with van der Waals surface area (Å²) in [6.07, 6.45) is 3.74. The second kappa shape index (κ2) is 3.58. The molecule has 7 heteroatoms. The fourth-order valence-electron chi connectivity index (χ4n) is 0.894. The fourth-order valence-corrected chi connectivity index (χ4v) is 1.94.